The molecule has 0 unspecified atom stereocenters. The van der Waals surface area contributed by atoms with Gasteiger partial charge >= 0.3 is 5.97 Å². The zero-order valence-corrected chi connectivity index (χ0v) is 20.7. The summed E-state index contributed by atoms with van der Waals surface area (Å²) < 4.78 is 0. The molecule has 1 aromatic heterocycles. The van der Waals surface area contributed by atoms with E-state index in [9.17, 15) is 24.0 Å². The Morgan fingerprint density at radius 2 is 1.54 bits per heavy atom. The van der Waals surface area contributed by atoms with Gasteiger partial charge in [0.25, 0.3) is 22.7 Å². The van der Waals surface area contributed by atoms with E-state index in [1.165, 1.54) is 18.2 Å². The largest absolute Gasteiger partial charge is 0.478 e. The molecule has 12 nitrogen and oxygen atoms in total. The van der Waals surface area contributed by atoms with Crippen molar-refractivity contribution in [2.45, 2.75) is 26.1 Å². The number of amides is 2. The number of carboxylic acids is 1. The Hall–Kier alpha value is -5.39. The highest BCUT2D eigenvalue weighted by molar-refractivity contribution is 5.97. The molecule has 0 radical (unpaired) electrons. The van der Waals surface area contributed by atoms with Gasteiger partial charge in [0.15, 0.2) is 0 Å². The number of aromatic carboxylic acids is 1. The van der Waals surface area contributed by atoms with E-state index in [0.717, 1.165) is 17.5 Å². The molecule has 0 aliphatic heterocycles. The first-order chi connectivity index (χ1) is 18.6. The van der Waals surface area contributed by atoms with Crippen LogP contribution in [0.3, 0.4) is 0 Å². The Balaban J connectivity index is 1.33. The average molecular weight is 529 g/mol. The van der Waals surface area contributed by atoms with Gasteiger partial charge in [-0.25, -0.2) is 14.8 Å². The summed E-state index contributed by atoms with van der Waals surface area (Å²) in [5, 5.41) is 17.4. The molecule has 3 aromatic carbocycles. The summed E-state index contributed by atoms with van der Waals surface area (Å²) in [7, 11) is 0. The first kappa shape index (κ1) is 26.7. The monoisotopic (exact) mass is 528 g/mol. The predicted molar refractivity (Wildman–Crippen MR) is 142 cm³/mol. The van der Waals surface area contributed by atoms with Crippen LogP contribution in [0.4, 0.5) is 11.4 Å². The topological polar surface area (TPSA) is 193 Å². The zero-order chi connectivity index (χ0) is 28.1. The van der Waals surface area contributed by atoms with Crippen molar-refractivity contribution >= 4 is 29.2 Å². The van der Waals surface area contributed by atoms with Gasteiger partial charge in [0.2, 0.25) is 0 Å². The number of hydrogen-bond donors (Lipinski definition) is 5. The molecule has 1 atom stereocenters. The van der Waals surface area contributed by atoms with E-state index in [-0.39, 0.29) is 41.4 Å². The molecular weight excluding hydrogens is 504 g/mol. The molecule has 2 amide bonds. The standard InChI is InChI=1S/C27H24N6O6/c1-14(17-5-7-18(8-6-17)27(38)39)33-26(37)20-10-19(31-13-32-20)25(36)30-12-16-4-2-3-15(9-16)11-29-22-21(28)23(34)24(22)35/h2-10,13-14,29H,11-12,28H2,1H3,(H,30,36)(H,33,37)(H,38,39)/t14-/m0/s1. The number of nitrogens with one attached hydrogen (secondary N) is 3. The maximum Gasteiger partial charge on any atom is 0.335 e. The first-order valence-electron chi connectivity index (χ1n) is 11.8. The third kappa shape index (κ3) is 6.13. The summed E-state index contributed by atoms with van der Waals surface area (Å²) in [4.78, 5) is 67.1. The van der Waals surface area contributed by atoms with Gasteiger partial charge in [-0.1, -0.05) is 36.4 Å². The van der Waals surface area contributed by atoms with Gasteiger partial charge in [-0.3, -0.25) is 19.2 Å². The number of carboxylic acid groups (broad SMARTS) is 1. The first-order valence-corrected chi connectivity index (χ1v) is 11.8. The Morgan fingerprint density at radius 1 is 0.897 bits per heavy atom. The van der Waals surface area contributed by atoms with Crippen LogP contribution in [0.25, 0.3) is 0 Å². The quantitative estimate of drug-likeness (QED) is 0.188. The lowest BCUT2D eigenvalue weighted by Gasteiger charge is -2.14. The minimum absolute atomic E-state index is 0.00186. The lowest BCUT2D eigenvalue weighted by atomic mass is 10.1. The molecule has 0 aliphatic carbocycles. The predicted octanol–water partition coefficient (Wildman–Crippen LogP) is 1.39. The summed E-state index contributed by atoms with van der Waals surface area (Å²) in [6, 6.07) is 14.2. The van der Waals surface area contributed by atoms with Crippen LogP contribution in [0.2, 0.25) is 0 Å². The number of rotatable bonds is 10. The van der Waals surface area contributed by atoms with E-state index in [1.807, 2.05) is 12.1 Å². The molecule has 4 aromatic rings. The molecule has 0 saturated carbocycles. The van der Waals surface area contributed by atoms with Gasteiger partial charge in [-0.15, -0.1) is 0 Å². The number of nitrogens with zero attached hydrogens (tertiary/aromatic N) is 2. The van der Waals surface area contributed by atoms with Crippen molar-refractivity contribution in [3.05, 3.63) is 115 Å². The van der Waals surface area contributed by atoms with Crippen LogP contribution in [0.15, 0.2) is 70.5 Å². The number of aromatic nitrogens is 2. The van der Waals surface area contributed by atoms with Crippen LogP contribution < -0.4 is 32.5 Å². The average Bonchev–Trinajstić information content (AvgIpc) is 2.95. The molecule has 1 heterocycles. The van der Waals surface area contributed by atoms with Gasteiger partial charge in [0, 0.05) is 19.2 Å². The number of hydrogen-bond acceptors (Lipinski definition) is 9. The van der Waals surface area contributed by atoms with Crippen molar-refractivity contribution in [2.24, 2.45) is 0 Å². The summed E-state index contributed by atoms with van der Waals surface area (Å²) >= 11 is 0. The Bertz CT molecular complexity index is 1630. The summed E-state index contributed by atoms with van der Waals surface area (Å²) in [5.74, 6) is -2.08. The lowest BCUT2D eigenvalue weighted by Crippen LogP contribution is -2.36. The number of benzene rings is 2. The lowest BCUT2D eigenvalue weighted by molar-refractivity contribution is 0.0696. The maximum atomic E-state index is 12.7. The second kappa shape index (κ2) is 11.3. The SMILES string of the molecule is C[C@H](NC(=O)c1cc(C(=O)NCc2cccc(CNc3c(N)c(=O)c3=O)c2)ncn1)c1ccc(C(=O)O)cc1. The van der Waals surface area contributed by atoms with Gasteiger partial charge in [0.05, 0.1) is 11.6 Å². The van der Waals surface area contributed by atoms with Gasteiger partial charge in [0.1, 0.15) is 29.1 Å². The van der Waals surface area contributed by atoms with Crippen LogP contribution in [0.1, 0.15) is 61.0 Å². The van der Waals surface area contributed by atoms with Crippen LogP contribution in [0, 0.1) is 0 Å². The number of carbonyl (C=O) groups is 3. The molecule has 0 aliphatic rings. The smallest absolute Gasteiger partial charge is 0.335 e. The Labute approximate surface area is 221 Å². The van der Waals surface area contributed by atoms with E-state index in [1.54, 1.807) is 31.2 Å². The van der Waals surface area contributed by atoms with Crippen LogP contribution in [-0.2, 0) is 13.1 Å². The molecule has 0 fully saturated rings. The van der Waals surface area contributed by atoms with E-state index in [4.69, 9.17) is 10.8 Å². The summed E-state index contributed by atoms with van der Waals surface area (Å²) in [6.07, 6.45) is 1.12. The fraction of sp³-hybridized carbons (Fsp3) is 0.148. The third-order valence-corrected chi connectivity index (χ3v) is 6.00. The van der Waals surface area contributed by atoms with Crippen molar-refractivity contribution in [1.82, 2.24) is 20.6 Å². The van der Waals surface area contributed by atoms with Crippen molar-refractivity contribution in [3.63, 3.8) is 0 Å². The number of nitrogens with two attached hydrogens (primary N) is 1. The van der Waals surface area contributed by atoms with E-state index in [2.05, 4.69) is 25.9 Å². The van der Waals surface area contributed by atoms with Crippen LogP contribution >= 0.6 is 0 Å². The number of carbonyl (C=O) groups excluding carboxylic acids is 2. The highest BCUT2D eigenvalue weighted by Gasteiger charge is 2.18. The van der Waals surface area contributed by atoms with Crippen molar-refractivity contribution in [3.8, 4) is 0 Å². The minimum atomic E-state index is -1.04. The molecular formula is C27H24N6O6. The summed E-state index contributed by atoms with van der Waals surface area (Å²) in [5.41, 5.74) is 6.63. The van der Waals surface area contributed by atoms with Crippen molar-refractivity contribution in [1.29, 1.82) is 0 Å². The van der Waals surface area contributed by atoms with Gasteiger partial charge in [-0.05, 0) is 35.7 Å². The molecule has 0 spiro atoms. The van der Waals surface area contributed by atoms with Crippen LogP contribution in [-0.4, -0.2) is 32.9 Å². The molecule has 0 saturated heterocycles. The highest BCUT2D eigenvalue weighted by atomic mass is 16.4. The van der Waals surface area contributed by atoms with Crippen molar-refractivity contribution < 1.29 is 19.5 Å². The van der Waals surface area contributed by atoms with Crippen molar-refractivity contribution in [2.75, 3.05) is 11.1 Å². The fourth-order valence-corrected chi connectivity index (χ4v) is 3.77. The summed E-state index contributed by atoms with van der Waals surface area (Å²) in [6.45, 7) is 2.18. The minimum Gasteiger partial charge on any atom is -0.478 e. The van der Waals surface area contributed by atoms with E-state index >= 15 is 0 Å². The van der Waals surface area contributed by atoms with Gasteiger partial charge in [-0.2, -0.15) is 0 Å². The second-order valence-corrected chi connectivity index (χ2v) is 8.71. The second-order valence-electron chi connectivity index (χ2n) is 8.71. The van der Waals surface area contributed by atoms with Gasteiger partial charge < -0.3 is 26.8 Å². The molecule has 39 heavy (non-hydrogen) atoms. The normalized spacial score (nSPS) is 11.5. The highest BCUT2D eigenvalue weighted by Crippen LogP contribution is 2.15. The maximum absolute atomic E-state index is 12.7. The van der Waals surface area contributed by atoms with E-state index < -0.39 is 34.7 Å². The molecule has 6 N–H and O–H groups in total. The Morgan fingerprint density at radius 3 is 2.18 bits per heavy atom. The number of nitrogen functional groups attached to an aromatic ring is 1. The zero-order valence-electron chi connectivity index (χ0n) is 20.7. The molecule has 0 bridgehead atoms. The third-order valence-electron chi connectivity index (χ3n) is 6.00. The van der Waals surface area contributed by atoms with Crippen LogP contribution in [0.5, 0.6) is 0 Å². The molecule has 198 valence electrons. The molecule has 4 rings (SSSR count). The Kier molecular flexibility index (Phi) is 7.75. The fourth-order valence-electron chi connectivity index (χ4n) is 3.77. The molecule has 12 heteroatoms. The van der Waals surface area contributed by atoms with E-state index in [0.29, 0.717) is 5.56 Å². The number of anilines is 2.